The van der Waals surface area contributed by atoms with Crippen molar-refractivity contribution in [3.63, 3.8) is 0 Å². The maximum Gasteiger partial charge on any atom is 0.318 e. The Kier molecular flexibility index (Phi) is 3.85. The Balaban J connectivity index is 2.25. The summed E-state index contributed by atoms with van der Waals surface area (Å²) in [6.45, 7) is 3.76. The first-order chi connectivity index (χ1) is 5.75. The van der Waals surface area contributed by atoms with Gasteiger partial charge in [0.1, 0.15) is 4.95 Å². The second-order valence-corrected chi connectivity index (χ2v) is 4.08. The number of carbonyl (C=O) groups is 1. The third-order valence-electron chi connectivity index (χ3n) is 2.02. The molecule has 0 saturated carbocycles. The van der Waals surface area contributed by atoms with Gasteiger partial charge in [-0.05, 0) is 6.42 Å². The van der Waals surface area contributed by atoms with Crippen LogP contribution in [0.4, 0.5) is 4.79 Å². The van der Waals surface area contributed by atoms with E-state index in [0.717, 1.165) is 19.5 Å². The number of hydrogen-bond acceptors (Lipinski definition) is 1. The van der Waals surface area contributed by atoms with Gasteiger partial charge in [-0.15, -0.1) is 0 Å². The molecule has 0 aromatic rings. The van der Waals surface area contributed by atoms with Crippen LogP contribution in [0.2, 0.25) is 0 Å². The number of alkyl halides is 1. The third kappa shape index (κ3) is 2.37. The van der Waals surface area contributed by atoms with Gasteiger partial charge in [0.15, 0.2) is 0 Å². The van der Waals surface area contributed by atoms with Crippen LogP contribution in [-0.2, 0) is 0 Å². The van der Waals surface area contributed by atoms with Crippen molar-refractivity contribution in [1.29, 1.82) is 0 Å². The lowest BCUT2D eigenvalue weighted by Gasteiger charge is -2.17. The molecule has 3 nitrogen and oxygen atoms in total. The van der Waals surface area contributed by atoms with E-state index in [-0.39, 0.29) is 11.0 Å². The van der Waals surface area contributed by atoms with Gasteiger partial charge >= 0.3 is 6.03 Å². The molecule has 12 heavy (non-hydrogen) atoms. The molecule has 1 heterocycles. The zero-order chi connectivity index (χ0) is 8.97. The van der Waals surface area contributed by atoms with E-state index in [0.29, 0.717) is 0 Å². The summed E-state index contributed by atoms with van der Waals surface area (Å²) in [4.78, 5) is 13.2. The first-order valence-electron chi connectivity index (χ1n) is 4.44. The maximum atomic E-state index is 11.2. The number of carbonyl (C=O) groups excluding carboxylic acids is 1. The molecule has 0 aromatic heterocycles. The average Bonchev–Trinajstić information content (AvgIpc) is 2.35. The Morgan fingerprint density at radius 1 is 1.67 bits per heavy atom. The maximum absolute atomic E-state index is 11.2. The summed E-state index contributed by atoms with van der Waals surface area (Å²) in [5.74, 6) is 0. The van der Waals surface area contributed by atoms with E-state index in [1.165, 1.54) is 12.8 Å². The van der Waals surface area contributed by atoms with Gasteiger partial charge in [0.05, 0.1) is 0 Å². The Hall–Kier alpha value is -0.250. The molecule has 0 spiro atoms. The van der Waals surface area contributed by atoms with Crippen LogP contribution < -0.4 is 5.32 Å². The average molecular weight is 235 g/mol. The summed E-state index contributed by atoms with van der Waals surface area (Å²) in [5, 5.41) is 2.79. The number of nitrogens with one attached hydrogen (secondary N) is 1. The van der Waals surface area contributed by atoms with Gasteiger partial charge in [-0.3, -0.25) is 0 Å². The summed E-state index contributed by atoms with van der Waals surface area (Å²) in [7, 11) is 0. The van der Waals surface area contributed by atoms with Crippen molar-refractivity contribution >= 4 is 22.0 Å². The van der Waals surface area contributed by atoms with E-state index in [2.05, 4.69) is 28.2 Å². The number of nitrogens with zero attached hydrogens (tertiary/aromatic N) is 1. The Labute approximate surface area is 81.6 Å². The summed E-state index contributed by atoms with van der Waals surface area (Å²) in [6, 6.07) is 0.0629. The molecule has 1 rings (SSSR count). The van der Waals surface area contributed by atoms with Gasteiger partial charge in [-0.25, -0.2) is 4.79 Å². The van der Waals surface area contributed by atoms with Crippen LogP contribution in [0, 0.1) is 0 Å². The second-order valence-electron chi connectivity index (χ2n) is 3.02. The number of urea groups is 1. The van der Waals surface area contributed by atoms with Gasteiger partial charge in [0, 0.05) is 13.1 Å². The fourth-order valence-electron chi connectivity index (χ4n) is 1.28. The van der Waals surface area contributed by atoms with Crippen LogP contribution >= 0.6 is 15.9 Å². The van der Waals surface area contributed by atoms with Crippen LogP contribution in [0.3, 0.4) is 0 Å². The SMILES string of the molecule is CCCCCN1C(=O)NCC1Br. The highest BCUT2D eigenvalue weighted by Crippen LogP contribution is 2.13. The van der Waals surface area contributed by atoms with Crippen molar-refractivity contribution in [2.75, 3.05) is 13.1 Å². The van der Waals surface area contributed by atoms with Gasteiger partial charge in [0.2, 0.25) is 0 Å². The Bertz CT molecular complexity index is 163. The standard InChI is InChI=1S/C8H15BrN2O/c1-2-3-4-5-11-7(9)6-10-8(11)12/h7H,2-6H2,1H3,(H,10,12). The number of unbranched alkanes of at least 4 members (excludes halogenated alkanes) is 2. The first kappa shape index (κ1) is 9.84. The van der Waals surface area contributed by atoms with Gasteiger partial charge < -0.3 is 10.2 Å². The fourth-order valence-corrected chi connectivity index (χ4v) is 1.84. The lowest BCUT2D eigenvalue weighted by molar-refractivity contribution is 0.214. The Morgan fingerprint density at radius 3 is 2.92 bits per heavy atom. The molecule has 0 bridgehead atoms. The summed E-state index contributed by atoms with van der Waals surface area (Å²) in [6.07, 6.45) is 3.50. The highest BCUT2D eigenvalue weighted by molar-refractivity contribution is 9.09. The number of amides is 2. The predicted molar refractivity (Wildman–Crippen MR) is 52.3 cm³/mol. The molecule has 1 unspecified atom stereocenters. The van der Waals surface area contributed by atoms with E-state index in [4.69, 9.17) is 0 Å². The van der Waals surface area contributed by atoms with Crippen LogP contribution in [-0.4, -0.2) is 29.0 Å². The van der Waals surface area contributed by atoms with Crippen LogP contribution in [0.15, 0.2) is 0 Å². The van der Waals surface area contributed by atoms with Crippen LogP contribution in [0.1, 0.15) is 26.2 Å². The smallest absolute Gasteiger partial charge is 0.318 e. The highest BCUT2D eigenvalue weighted by atomic mass is 79.9. The van der Waals surface area contributed by atoms with Crippen molar-refractivity contribution < 1.29 is 4.79 Å². The summed E-state index contributed by atoms with van der Waals surface area (Å²) in [5.41, 5.74) is 0. The predicted octanol–water partition coefficient (Wildman–Crippen LogP) is 1.92. The van der Waals surface area contributed by atoms with Gasteiger partial charge in [-0.1, -0.05) is 35.7 Å². The van der Waals surface area contributed by atoms with E-state index >= 15 is 0 Å². The molecule has 1 saturated heterocycles. The molecule has 70 valence electrons. The minimum Gasteiger partial charge on any atom is -0.335 e. The molecular formula is C8H15BrN2O. The molecule has 1 aliphatic heterocycles. The number of rotatable bonds is 4. The molecule has 0 aliphatic carbocycles. The van der Waals surface area contributed by atoms with Crippen molar-refractivity contribution in [3.8, 4) is 0 Å². The lowest BCUT2D eigenvalue weighted by Crippen LogP contribution is -2.31. The molecule has 0 radical (unpaired) electrons. The zero-order valence-electron chi connectivity index (χ0n) is 7.35. The zero-order valence-corrected chi connectivity index (χ0v) is 8.93. The van der Waals surface area contributed by atoms with Crippen LogP contribution in [0.5, 0.6) is 0 Å². The minimum atomic E-state index is 0.0629. The van der Waals surface area contributed by atoms with E-state index in [9.17, 15) is 4.79 Å². The summed E-state index contributed by atoms with van der Waals surface area (Å²) >= 11 is 3.44. The minimum absolute atomic E-state index is 0.0629. The van der Waals surface area contributed by atoms with Crippen molar-refractivity contribution in [2.45, 2.75) is 31.1 Å². The third-order valence-corrected chi connectivity index (χ3v) is 2.84. The van der Waals surface area contributed by atoms with Gasteiger partial charge in [-0.2, -0.15) is 0 Å². The fraction of sp³-hybridized carbons (Fsp3) is 0.875. The largest absolute Gasteiger partial charge is 0.335 e. The molecule has 1 aliphatic rings. The van der Waals surface area contributed by atoms with Crippen molar-refractivity contribution in [3.05, 3.63) is 0 Å². The molecule has 0 aromatic carbocycles. The number of halogens is 1. The molecular weight excluding hydrogens is 220 g/mol. The first-order valence-corrected chi connectivity index (χ1v) is 5.35. The highest BCUT2D eigenvalue weighted by Gasteiger charge is 2.27. The normalized spacial score (nSPS) is 23.0. The van der Waals surface area contributed by atoms with Crippen molar-refractivity contribution in [2.24, 2.45) is 0 Å². The molecule has 2 amide bonds. The van der Waals surface area contributed by atoms with Gasteiger partial charge in [0.25, 0.3) is 0 Å². The second kappa shape index (κ2) is 4.70. The molecule has 1 atom stereocenters. The van der Waals surface area contributed by atoms with Crippen molar-refractivity contribution in [1.82, 2.24) is 10.2 Å². The molecule has 1 fully saturated rings. The quantitative estimate of drug-likeness (QED) is 0.450. The van der Waals surface area contributed by atoms with E-state index < -0.39 is 0 Å². The molecule has 1 N–H and O–H groups in total. The Morgan fingerprint density at radius 2 is 2.42 bits per heavy atom. The molecule has 4 heteroatoms. The number of hydrogen-bond donors (Lipinski definition) is 1. The van der Waals surface area contributed by atoms with E-state index in [1.54, 1.807) is 0 Å². The summed E-state index contributed by atoms with van der Waals surface area (Å²) < 4.78 is 0. The topological polar surface area (TPSA) is 32.3 Å². The lowest BCUT2D eigenvalue weighted by atomic mass is 10.2. The van der Waals surface area contributed by atoms with E-state index in [1.807, 2.05) is 4.90 Å². The monoisotopic (exact) mass is 234 g/mol. The van der Waals surface area contributed by atoms with Crippen LogP contribution in [0.25, 0.3) is 0 Å².